The highest BCUT2D eigenvalue weighted by Gasteiger charge is 2.56. The molecule has 1 saturated heterocycles. The first kappa shape index (κ1) is 13.4. The van der Waals surface area contributed by atoms with Crippen LogP contribution in [0.1, 0.15) is 26.5 Å². The van der Waals surface area contributed by atoms with E-state index in [1.165, 1.54) is 0 Å². The summed E-state index contributed by atoms with van der Waals surface area (Å²) in [7, 11) is 0. The van der Waals surface area contributed by atoms with E-state index in [9.17, 15) is 4.79 Å². The van der Waals surface area contributed by atoms with Gasteiger partial charge in [-0.15, -0.1) is 0 Å². The normalized spacial score (nSPS) is 28.4. The molecule has 0 aromatic carbocycles. The molecule has 110 valence electrons. The number of aromatic amines is 1. The molecule has 2 N–H and O–H groups in total. The van der Waals surface area contributed by atoms with Crippen molar-refractivity contribution in [3.8, 4) is 0 Å². The van der Waals surface area contributed by atoms with E-state index in [-0.39, 0.29) is 6.09 Å². The van der Waals surface area contributed by atoms with Crippen LogP contribution in [-0.2, 0) is 11.3 Å². The maximum atomic E-state index is 11.9. The zero-order valence-electron chi connectivity index (χ0n) is 12.2. The Bertz CT molecular complexity index is 468. The number of fused-ring (bicyclic) bond motifs is 1. The number of ether oxygens (including phenoxy) is 1. The lowest BCUT2D eigenvalue weighted by atomic mass is 10.2. The summed E-state index contributed by atoms with van der Waals surface area (Å²) in [6, 6.07) is 2.50. The molecule has 2 fully saturated rings. The Hall–Kier alpha value is -1.56. The van der Waals surface area contributed by atoms with Gasteiger partial charge in [-0.25, -0.2) is 4.79 Å². The molecule has 0 spiro atoms. The Balaban J connectivity index is 1.43. The highest BCUT2D eigenvalue weighted by molar-refractivity contribution is 5.69. The van der Waals surface area contributed by atoms with Gasteiger partial charge in [0.05, 0.1) is 0 Å². The second-order valence-corrected chi connectivity index (χ2v) is 6.70. The van der Waals surface area contributed by atoms with E-state index in [0.717, 1.165) is 25.3 Å². The predicted molar refractivity (Wildman–Crippen MR) is 74.0 cm³/mol. The Morgan fingerprint density at radius 3 is 2.75 bits per heavy atom. The van der Waals surface area contributed by atoms with Crippen LogP contribution in [0.3, 0.4) is 0 Å². The van der Waals surface area contributed by atoms with E-state index in [1.807, 2.05) is 31.7 Å². The van der Waals surface area contributed by atoms with E-state index in [0.29, 0.717) is 17.9 Å². The number of likely N-dealkylation sites (tertiary alicyclic amines) is 1. The van der Waals surface area contributed by atoms with Gasteiger partial charge in [-0.1, -0.05) is 0 Å². The summed E-state index contributed by atoms with van der Waals surface area (Å²) >= 11 is 0. The number of aromatic nitrogens is 2. The van der Waals surface area contributed by atoms with Gasteiger partial charge in [0.1, 0.15) is 5.60 Å². The van der Waals surface area contributed by atoms with Gasteiger partial charge in [0, 0.05) is 37.6 Å². The number of nitrogens with zero attached hydrogens (tertiary/aromatic N) is 2. The fraction of sp³-hybridized carbons (Fsp3) is 0.714. The molecule has 1 amide bonds. The number of nitrogens with one attached hydrogen (secondary N) is 2. The van der Waals surface area contributed by atoms with Gasteiger partial charge in [-0.2, -0.15) is 5.10 Å². The molecule has 0 bridgehead atoms. The lowest BCUT2D eigenvalue weighted by Gasteiger charge is -2.26. The van der Waals surface area contributed by atoms with Crippen LogP contribution in [0.15, 0.2) is 12.3 Å². The number of rotatable bonds is 3. The minimum atomic E-state index is -0.415. The molecule has 1 aromatic rings. The molecule has 2 aliphatic rings. The SMILES string of the molecule is CC(C)(C)OC(=O)N1CC2C(C1)C2NCc1ccn[nH]1. The first-order chi connectivity index (χ1) is 9.44. The van der Waals surface area contributed by atoms with Crippen molar-refractivity contribution in [3.05, 3.63) is 18.0 Å². The Morgan fingerprint density at radius 1 is 1.50 bits per heavy atom. The molecule has 6 heteroatoms. The highest BCUT2D eigenvalue weighted by atomic mass is 16.6. The van der Waals surface area contributed by atoms with E-state index >= 15 is 0 Å². The van der Waals surface area contributed by atoms with E-state index in [2.05, 4.69) is 15.5 Å². The summed E-state index contributed by atoms with van der Waals surface area (Å²) in [6.07, 6.45) is 1.58. The molecule has 1 aliphatic heterocycles. The molecule has 6 nitrogen and oxygen atoms in total. The molecule has 1 aromatic heterocycles. The molecule has 3 rings (SSSR count). The molecule has 1 saturated carbocycles. The number of hydrogen-bond donors (Lipinski definition) is 2. The third kappa shape index (κ3) is 2.80. The van der Waals surface area contributed by atoms with E-state index < -0.39 is 5.60 Å². The van der Waals surface area contributed by atoms with Crippen LogP contribution in [0.2, 0.25) is 0 Å². The first-order valence-electron chi connectivity index (χ1n) is 7.13. The topological polar surface area (TPSA) is 70.2 Å². The summed E-state index contributed by atoms with van der Waals surface area (Å²) < 4.78 is 5.40. The van der Waals surface area contributed by atoms with Crippen LogP contribution in [0.5, 0.6) is 0 Å². The van der Waals surface area contributed by atoms with Crippen LogP contribution in [0.25, 0.3) is 0 Å². The van der Waals surface area contributed by atoms with Gasteiger partial charge in [0.15, 0.2) is 0 Å². The highest BCUT2D eigenvalue weighted by Crippen LogP contribution is 2.45. The van der Waals surface area contributed by atoms with Gasteiger partial charge in [0.25, 0.3) is 0 Å². The molecular weight excluding hydrogens is 256 g/mol. The summed E-state index contributed by atoms with van der Waals surface area (Å²) in [4.78, 5) is 13.8. The average Bonchev–Trinajstić information content (AvgIpc) is 2.78. The number of piperidine rings is 1. The Morgan fingerprint density at radius 2 is 2.20 bits per heavy atom. The number of carbonyl (C=O) groups excluding carboxylic acids is 1. The number of amides is 1. The molecule has 1 aliphatic carbocycles. The average molecular weight is 278 g/mol. The molecule has 2 atom stereocenters. The van der Waals surface area contributed by atoms with Crippen LogP contribution in [0, 0.1) is 11.8 Å². The second kappa shape index (κ2) is 4.77. The molecule has 20 heavy (non-hydrogen) atoms. The van der Waals surface area contributed by atoms with Gasteiger partial charge >= 0.3 is 6.09 Å². The largest absolute Gasteiger partial charge is 0.444 e. The molecular formula is C14H22N4O2. The van der Waals surface area contributed by atoms with Crippen LogP contribution in [-0.4, -0.2) is 45.9 Å². The first-order valence-corrected chi connectivity index (χ1v) is 7.13. The standard InChI is InChI=1S/C14H22N4O2/c1-14(2,3)20-13(19)18-7-10-11(8-18)12(10)15-6-9-4-5-16-17-9/h4-5,10-12,15H,6-8H2,1-3H3,(H,16,17). The van der Waals surface area contributed by atoms with Gasteiger partial charge in [-0.3, -0.25) is 5.10 Å². The summed E-state index contributed by atoms with van der Waals surface area (Å²) in [5.41, 5.74) is 0.682. The van der Waals surface area contributed by atoms with Crippen molar-refractivity contribution in [3.63, 3.8) is 0 Å². The van der Waals surface area contributed by atoms with Crippen molar-refractivity contribution in [2.75, 3.05) is 13.1 Å². The van der Waals surface area contributed by atoms with Gasteiger partial charge in [0.2, 0.25) is 0 Å². The van der Waals surface area contributed by atoms with E-state index in [1.54, 1.807) is 6.20 Å². The fourth-order valence-corrected chi connectivity index (χ4v) is 2.92. The monoisotopic (exact) mass is 278 g/mol. The maximum Gasteiger partial charge on any atom is 0.410 e. The third-order valence-electron chi connectivity index (χ3n) is 3.93. The molecule has 2 unspecified atom stereocenters. The van der Waals surface area contributed by atoms with Crippen molar-refractivity contribution in [2.24, 2.45) is 11.8 Å². The van der Waals surface area contributed by atoms with Crippen molar-refractivity contribution < 1.29 is 9.53 Å². The van der Waals surface area contributed by atoms with E-state index in [4.69, 9.17) is 4.74 Å². The lowest BCUT2D eigenvalue weighted by Crippen LogP contribution is -2.39. The molecule has 0 radical (unpaired) electrons. The minimum absolute atomic E-state index is 0.183. The quantitative estimate of drug-likeness (QED) is 0.876. The molecule has 2 heterocycles. The Kier molecular flexibility index (Phi) is 3.20. The van der Waals surface area contributed by atoms with Crippen LogP contribution in [0.4, 0.5) is 4.79 Å². The number of H-pyrrole nitrogens is 1. The van der Waals surface area contributed by atoms with Crippen LogP contribution >= 0.6 is 0 Å². The lowest BCUT2D eigenvalue weighted by molar-refractivity contribution is 0.0269. The zero-order valence-corrected chi connectivity index (χ0v) is 12.2. The summed E-state index contributed by atoms with van der Waals surface area (Å²) in [6.45, 7) is 8.12. The smallest absolute Gasteiger partial charge is 0.410 e. The minimum Gasteiger partial charge on any atom is -0.444 e. The Labute approximate surface area is 118 Å². The van der Waals surface area contributed by atoms with Crippen molar-refractivity contribution in [1.29, 1.82) is 0 Å². The van der Waals surface area contributed by atoms with Crippen molar-refractivity contribution in [1.82, 2.24) is 20.4 Å². The predicted octanol–water partition coefficient (Wildman–Crippen LogP) is 1.36. The maximum absolute atomic E-state index is 11.9. The summed E-state index contributed by atoms with van der Waals surface area (Å²) in [5, 5.41) is 10.4. The third-order valence-corrected chi connectivity index (χ3v) is 3.93. The van der Waals surface area contributed by atoms with Crippen LogP contribution < -0.4 is 5.32 Å². The fourth-order valence-electron chi connectivity index (χ4n) is 2.92. The van der Waals surface area contributed by atoms with Gasteiger partial charge < -0.3 is 15.0 Å². The van der Waals surface area contributed by atoms with Gasteiger partial charge in [-0.05, 0) is 38.7 Å². The van der Waals surface area contributed by atoms with Crippen molar-refractivity contribution in [2.45, 2.75) is 39.0 Å². The number of hydrogen-bond acceptors (Lipinski definition) is 4. The zero-order chi connectivity index (χ0) is 14.3. The number of carbonyl (C=O) groups is 1. The van der Waals surface area contributed by atoms with Crippen molar-refractivity contribution >= 4 is 6.09 Å². The second-order valence-electron chi connectivity index (χ2n) is 6.70. The summed E-state index contributed by atoms with van der Waals surface area (Å²) in [5.74, 6) is 1.15.